The van der Waals surface area contributed by atoms with Crippen LogP contribution < -0.4 is 11.1 Å². The summed E-state index contributed by atoms with van der Waals surface area (Å²) in [6.45, 7) is 9.82. The lowest BCUT2D eigenvalue weighted by atomic mass is 10.1. The highest BCUT2D eigenvalue weighted by molar-refractivity contribution is 5.93. The van der Waals surface area contributed by atoms with Crippen molar-refractivity contribution in [3.63, 3.8) is 0 Å². The van der Waals surface area contributed by atoms with Crippen molar-refractivity contribution < 1.29 is 4.79 Å². The molecule has 21 heavy (non-hydrogen) atoms. The molecule has 1 amide bonds. The zero-order chi connectivity index (χ0) is 15.8. The zero-order valence-corrected chi connectivity index (χ0v) is 13.8. The van der Waals surface area contributed by atoms with Gasteiger partial charge in [-0.25, -0.2) is 0 Å². The van der Waals surface area contributed by atoms with Crippen LogP contribution in [0.3, 0.4) is 0 Å². The molecule has 0 heterocycles. The van der Waals surface area contributed by atoms with Gasteiger partial charge in [-0.1, -0.05) is 19.8 Å². The molecule has 4 nitrogen and oxygen atoms in total. The molecule has 0 aliphatic carbocycles. The fraction of sp³-hybridized carbons (Fsp3) is 0.588. The van der Waals surface area contributed by atoms with E-state index in [1.165, 1.54) is 12.8 Å². The Labute approximate surface area is 128 Å². The van der Waals surface area contributed by atoms with E-state index in [0.29, 0.717) is 18.3 Å². The largest absolute Gasteiger partial charge is 0.399 e. The highest BCUT2D eigenvalue weighted by atomic mass is 16.2. The maximum absolute atomic E-state index is 12.2. The van der Waals surface area contributed by atoms with Crippen LogP contribution in [-0.4, -0.2) is 29.9 Å². The number of hydrogen-bond donors (Lipinski definition) is 2. The molecule has 0 aromatic heterocycles. The van der Waals surface area contributed by atoms with E-state index in [4.69, 9.17) is 5.73 Å². The summed E-state index contributed by atoms with van der Waals surface area (Å²) in [7, 11) is 0. The first-order valence-corrected chi connectivity index (χ1v) is 7.84. The third-order valence-electron chi connectivity index (χ3n) is 3.65. The SMILES string of the molecule is CCCCCN(CC(=O)Nc1ccc(N)cc1C)C(C)C. The smallest absolute Gasteiger partial charge is 0.238 e. The Bertz CT molecular complexity index is 457. The van der Waals surface area contributed by atoms with Crippen molar-refractivity contribution in [3.05, 3.63) is 23.8 Å². The molecular weight excluding hydrogens is 262 g/mol. The number of nitrogens with two attached hydrogens (primary N) is 1. The van der Waals surface area contributed by atoms with Crippen LogP contribution in [0, 0.1) is 6.92 Å². The Hall–Kier alpha value is -1.55. The van der Waals surface area contributed by atoms with Gasteiger partial charge in [-0.3, -0.25) is 9.69 Å². The first-order valence-electron chi connectivity index (χ1n) is 7.84. The monoisotopic (exact) mass is 291 g/mol. The van der Waals surface area contributed by atoms with Crippen LogP contribution in [-0.2, 0) is 4.79 Å². The number of nitrogen functional groups attached to an aromatic ring is 1. The van der Waals surface area contributed by atoms with Crippen molar-refractivity contribution in [1.82, 2.24) is 4.90 Å². The van der Waals surface area contributed by atoms with E-state index in [9.17, 15) is 4.79 Å². The number of rotatable bonds is 8. The molecular formula is C17H29N3O. The fourth-order valence-electron chi connectivity index (χ4n) is 2.29. The number of carbonyl (C=O) groups excluding carboxylic acids is 1. The van der Waals surface area contributed by atoms with Gasteiger partial charge in [0.15, 0.2) is 0 Å². The Morgan fingerprint density at radius 2 is 2.05 bits per heavy atom. The number of unbranched alkanes of at least 4 members (excludes halogenated alkanes) is 2. The van der Waals surface area contributed by atoms with E-state index in [1.54, 1.807) is 0 Å². The number of nitrogens with one attached hydrogen (secondary N) is 1. The molecule has 3 N–H and O–H groups in total. The standard InChI is InChI=1S/C17H29N3O/c1-5-6-7-10-20(13(2)3)12-17(21)19-16-9-8-15(18)11-14(16)4/h8-9,11,13H,5-7,10,12,18H2,1-4H3,(H,19,21). The minimum absolute atomic E-state index is 0.0352. The molecule has 0 bridgehead atoms. The van der Waals surface area contributed by atoms with Gasteiger partial charge < -0.3 is 11.1 Å². The average Bonchev–Trinajstić information content (AvgIpc) is 2.41. The Kier molecular flexibility index (Phi) is 7.23. The molecule has 0 aliphatic heterocycles. The molecule has 0 atom stereocenters. The van der Waals surface area contributed by atoms with Gasteiger partial charge in [0.1, 0.15) is 0 Å². The normalized spacial score (nSPS) is 11.1. The molecule has 1 aromatic rings. The Morgan fingerprint density at radius 1 is 1.33 bits per heavy atom. The maximum atomic E-state index is 12.2. The fourth-order valence-corrected chi connectivity index (χ4v) is 2.29. The third-order valence-corrected chi connectivity index (χ3v) is 3.65. The van der Waals surface area contributed by atoms with Gasteiger partial charge >= 0.3 is 0 Å². The van der Waals surface area contributed by atoms with Gasteiger partial charge in [0.05, 0.1) is 6.54 Å². The number of aryl methyl sites for hydroxylation is 1. The molecule has 0 saturated heterocycles. The Balaban J connectivity index is 2.57. The quantitative estimate of drug-likeness (QED) is 0.570. The molecule has 1 rings (SSSR count). The second-order valence-corrected chi connectivity index (χ2v) is 5.89. The van der Waals surface area contributed by atoms with E-state index in [0.717, 1.165) is 24.2 Å². The van der Waals surface area contributed by atoms with Gasteiger partial charge in [0, 0.05) is 17.4 Å². The summed E-state index contributed by atoms with van der Waals surface area (Å²) < 4.78 is 0. The number of nitrogens with zero attached hydrogens (tertiary/aromatic N) is 1. The number of benzene rings is 1. The number of anilines is 2. The zero-order valence-electron chi connectivity index (χ0n) is 13.8. The van der Waals surface area contributed by atoms with Crippen LogP contribution in [0.4, 0.5) is 11.4 Å². The van der Waals surface area contributed by atoms with Gasteiger partial charge in [-0.15, -0.1) is 0 Å². The van der Waals surface area contributed by atoms with E-state index < -0.39 is 0 Å². The van der Waals surface area contributed by atoms with Gasteiger partial charge in [0.2, 0.25) is 5.91 Å². The summed E-state index contributed by atoms with van der Waals surface area (Å²) in [4.78, 5) is 14.4. The highest BCUT2D eigenvalue weighted by Gasteiger charge is 2.14. The molecule has 0 radical (unpaired) electrons. The van der Waals surface area contributed by atoms with Crippen molar-refractivity contribution in [2.24, 2.45) is 0 Å². The van der Waals surface area contributed by atoms with Crippen LogP contribution in [0.25, 0.3) is 0 Å². The molecule has 0 saturated carbocycles. The maximum Gasteiger partial charge on any atom is 0.238 e. The van der Waals surface area contributed by atoms with Gasteiger partial charge in [-0.05, 0) is 57.5 Å². The molecule has 4 heteroatoms. The van der Waals surface area contributed by atoms with E-state index in [2.05, 4.69) is 31.0 Å². The van der Waals surface area contributed by atoms with Crippen molar-refractivity contribution in [2.75, 3.05) is 24.1 Å². The summed E-state index contributed by atoms with van der Waals surface area (Å²) in [5, 5.41) is 2.98. The summed E-state index contributed by atoms with van der Waals surface area (Å²) in [5.74, 6) is 0.0352. The topological polar surface area (TPSA) is 58.4 Å². The lowest BCUT2D eigenvalue weighted by Gasteiger charge is -2.25. The summed E-state index contributed by atoms with van der Waals surface area (Å²) in [5.41, 5.74) is 8.27. The lowest BCUT2D eigenvalue weighted by molar-refractivity contribution is -0.117. The van der Waals surface area contributed by atoms with Crippen molar-refractivity contribution in [2.45, 2.75) is 53.0 Å². The van der Waals surface area contributed by atoms with Gasteiger partial charge in [0.25, 0.3) is 0 Å². The van der Waals surface area contributed by atoms with Crippen LogP contribution in [0.1, 0.15) is 45.6 Å². The van der Waals surface area contributed by atoms with E-state index >= 15 is 0 Å². The van der Waals surface area contributed by atoms with Crippen LogP contribution in [0.2, 0.25) is 0 Å². The van der Waals surface area contributed by atoms with Crippen LogP contribution in [0.15, 0.2) is 18.2 Å². The number of carbonyl (C=O) groups is 1. The summed E-state index contributed by atoms with van der Waals surface area (Å²) in [6.07, 6.45) is 3.55. The molecule has 0 spiro atoms. The van der Waals surface area contributed by atoms with Crippen LogP contribution in [0.5, 0.6) is 0 Å². The minimum atomic E-state index is 0.0352. The predicted molar refractivity (Wildman–Crippen MR) is 90.5 cm³/mol. The predicted octanol–water partition coefficient (Wildman–Crippen LogP) is 3.42. The first kappa shape index (κ1) is 17.5. The minimum Gasteiger partial charge on any atom is -0.399 e. The molecule has 0 fully saturated rings. The van der Waals surface area contributed by atoms with E-state index in [1.807, 2.05) is 25.1 Å². The highest BCUT2D eigenvalue weighted by Crippen LogP contribution is 2.17. The number of amides is 1. The molecule has 0 aliphatic rings. The van der Waals surface area contributed by atoms with E-state index in [-0.39, 0.29) is 5.91 Å². The van der Waals surface area contributed by atoms with Gasteiger partial charge in [-0.2, -0.15) is 0 Å². The second kappa shape index (κ2) is 8.67. The number of hydrogen-bond acceptors (Lipinski definition) is 3. The van der Waals surface area contributed by atoms with Crippen LogP contribution >= 0.6 is 0 Å². The second-order valence-electron chi connectivity index (χ2n) is 5.89. The van der Waals surface area contributed by atoms with Crippen molar-refractivity contribution in [1.29, 1.82) is 0 Å². The Morgan fingerprint density at radius 3 is 2.62 bits per heavy atom. The third kappa shape index (κ3) is 6.17. The molecule has 1 aromatic carbocycles. The van der Waals surface area contributed by atoms with Crippen molar-refractivity contribution >= 4 is 17.3 Å². The molecule has 118 valence electrons. The first-order chi connectivity index (χ1) is 9.93. The summed E-state index contributed by atoms with van der Waals surface area (Å²) in [6, 6.07) is 5.92. The average molecular weight is 291 g/mol. The molecule has 0 unspecified atom stereocenters. The van der Waals surface area contributed by atoms with Crippen molar-refractivity contribution in [3.8, 4) is 0 Å². The lowest BCUT2D eigenvalue weighted by Crippen LogP contribution is -2.38. The summed E-state index contributed by atoms with van der Waals surface area (Å²) >= 11 is 0.